The molecule has 0 saturated carbocycles. The van der Waals surface area contributed by atoms with Gasteiger partial charge in [0.15, 0.2) is 0 Å². The van der Waals surface area contributed by atoms with E-state index >= 15 is 0 Å². The number of aryl methyl sites for hydroxylation is 2. The van der Waals surface area contributed by atoms with Gasteiger partial charge in [-0.2, -0.15) is 5.10 Å². The number of nitrogens with two attached hydrogens (primary N) is 1. The first kappa shape index (κ1) is 41.5. The van der Waals surface area contributed by atoms with E-state index in [1.807, 2.05) is 36.0 Å². The third kappa shape index (κ3) is 9.58. The number of hydrogen-bond acceptors (Lipinski definition) is 10. The highest BCUT2D eigenvalue weighted by molar-refractivity contribution is 6.15. The van der Waals surface area contributed by atoms with Crippen molar-refractivity contribution in [3.8, 4) is 0 Å². The molecule has 15 heteroatoms. The minimum atomic E-state index is -0.669. The van der Waals surface area contributed by atoms with Crippen LogP contribution in [-0.2, 0) is 34.2 Å². The number of amidine groups is 1. The fourth-order valence-electron chi connectivity index (χ4n) is 8.82. The molecule has 3 aliphatic rings. The van der Waals surface area contributed by atoms with Crippen molar-refractivity contribution < 1.29 is 27.9 Å². The lowest BCUT2D eigenvalue weighted by atomic mass is 9.92. The SMILES string of the molecule is Cn1nc(C2CCC(=O)NC2=O)c2cccc(CCCN3CCN(c4ccc(C(=O)NC(=N)c5cc(Cc6cc(F)cc(F)c6)ccc5N)c(NC5CCOCC5)c4)CC3)c21. The highest BCUT2D eigenvalue weighted by Gasteiger charge is 2.32. The number of nitrogen functional groups attached to an aromatic ring is 1. The molecule has 1 atom stereocenters. The van der Waals surface area contributed by atoms with Gasteiger partial charge in [-0.1, -0.05) is 24.3 Å². The zero-order valence-corrected chi connectivity index (χ0v) is 34.2. The number of anilines is 3. The molecule has 3 saturated heterocycles. The Hall–Kier alpha value is -6.19. The van der Waals surface area contributed by atoms with E-state index in [9.17, 15) is 23.2 Å². The minimum Gasteiger partial charge on any atom is -0.398 e. The second kappa shape index (κ2) is 18.2. The van der Waals surface area contributed by atoms with E-state index in [0.717, 1.165) is 86.8 Å². The van der Waals surface area contributed by atoms with Crippen LogP contribution in [0.2, 0.25) is 0 Å². The number of nitrogens with zero attached hydrogens (tertiary/aromatic N) is 4. The second-order valence-corrected chi connectivity index (χ2v) is 16.2. The van der Waals surface area contributed by atoms with Gasteiger partial charge in [0.25, 0.3) is 5.91 Å². The van der Waals surface area contributed by atoms with Crippen LogP contribution in [0.15, 0.2) is 72.8 Å². The Bertz CT molecular complexity index is 2450. The standard InChI is InChI=1S/C46H51F2N9O4/c1-55-43-30(4-2-6-36(43)42(54-55)37-10-12-41(58)52-46(37)60)5-3-15-56-16-18-57(19-17-56)34-8-9-35(40(27-34)51-33-13-20-61-21-14-33)45(59)53-44(50)38-25-28(7-11-39(38)49)22-29-23-31(47)26-32(48)24-29/h2,4,6-9,11,23-27,33,37,51H,3,5,10,12-22,49H2,1H3,(H2,50,53,59)(H,52,58,60). The van der Waals surface area contributed by atoms with Crippen molar-refractivity contribution in [1.29, 1.82) is 5.41 Å². The fraction of sp³-hybridized carbons (Fsp3) is 0.370. The van der Waals surface area contributed by atoms with Gasteiger partial charge in [0.05, 0.1) is 22.7 Å². The summed E-state index contributed by atoms with van der Waals surface area (Å²) in [5.74, 6) is -2.92. The molecule has 0 spiro atoms. The second-order valence-electron chi connectivity index (χ2n) is 16.2. The molecule has 0 bridgehead atoms. The van der Waals surface area contributed by atoms with Gasteiger partial charge in [-0.3, -0.25) is 34.7 Å². The first-order chi connectivity index (χ1) is 29.5. The van der Waals surface area contributed by atoms with Gasteiger partial charge in [-0.15, -0.1) is 0 Å². The van der Waals surface area contributed by atoms with Crippen LogP contribution >= 0.6 is 0 Å². The van der Waals surface area contributed by atoms with Crippen molar-refractivity contribution in [2.45, 2.75) is 56.9 Å². The molecule has 61 heavy (non-hydrogen) atoms. The number of hydrogen-bond donors (Lipinski definition) is 5. The van der Waals surface area contributed by atoms with Crippen LogP contribution in [0.3, 0.4) is 0 Å². The first-order valence-corrected chi connectivity index (χ1v) is 21.0. The van der Waals surface area contributed by atoms with E-state index in [2.05, 4.69) is 31.8 Å². The predicted molar refractivity (Wildman–Crippen MR) is 231 cm³/mol. The van der Waals surface area contributed by atoms with E-state index < -0.39 is 23.5 Å². The molecule has 4 aromatic carbocycles. The molecular weight excluding hydrogens is 781 g/mol. The van der Waals surface area contributed by atoms with Crippen molar-refractivity contribution in [2.75, 3.05) is 61.9 Å². The Morgan fingerprint density at radius 2 is 1.70 bits per heavy atom. The smallest absolute Gasteiger partial charge is 0.258 e. The van der Waals surface area contributed by atoms with E-state index in [4.69, 9.17) is 21.0 Å². The van der Waals surface area contributed by atoms with Crippen LogP contribution < -0.4 is 26.6 Å². The molecule has 3 fully saturated rings. The van der Waals surface area contributed by atoms with Crippen molar-refractivity contribution in [3.63, 3.8) is 0 Å². The number of carbonyl (C=O) groups excluding carboxylic acids is 3. The topological polar surface area (TPSA) is 171 Å². The number of rotatable bonds is 12. The van der Waals surface area contributed by atoms with E-state index in [1.165, 1.54) is 17.7 Å². The Labute approximate surface area is 353 Å². The fourth-order valence-corrected chi connectivity index (χ4v) is 8.82. The summed E-state index contributed by atoms with van der Waals surface area (Å²) in [5.41, 5.74) is 13.0. The molecule has 3 aliphatic heterocycles. The number of para-hydroxylation sites is 1. The van der Waals surface area contributed by atoms with Crippen molar-refractivity contribution in [1.82, 2.24) is 25.3 Å². The number of ether oxygens (including phenoxy) is 1. The summed E-state index contributed by atoms with van der Waals surface area (Å²) < 4.78 is 35.2. The number of benzene rings is 4. The molecule has 4 heterocycles. The van der Waals surface area contributed by atoms with Gasteiger partial charge in [0.1, 0.15) is 17.5 Å². The van der Waals surface area contributed by atoms with E-state index in [-0.39, 0.29) is 30.1 Å². The largest absolute Gasteiger partial charge is 0.398 e. The maximum Gasteiger partial charge on any atom is 0.258 e. The number of aromatic nitrogens is 2. The van der Waals surface area contributed by atoms with Crippen molar-refractivity contribution in [2.24, 2.45) is 7.05 Å². The molecule has 6 N–H and O–H groups in total. The first-order valence-electron chi connectivity index (χ1n) is 21.0. The van der Waals surface area contributed by atoms with E-state index in [0.29, 0.717) is 59.7 Å². The number of carbonyl (C=O) groups is 3. The number of piperidine rings is 1. The Morgan fingerprint density at radius 3 is 2.46 bits per heavy atom. The Balaban J connectivity index is 0.904. The number of fused-ring (bicyclic) bond motifs is 1. The number of halogens is 2. The quantitative estimate of drug-likeness (QED) is 0.0462. The molecule has 318 valence electrons. The summed E-state index contributed by atoms with van der Waals surface area (Å²) in [7, 11) is 1.91. The van der Waals surface area contributed by atoms with Crippen LogP contribution in [0, 0.1) is 17.0 Å². The maximum absolute atomic E-state index is 13.9. The van der Waals surface area contributed by atoms with Crippen LogP contribution in [0.25, 0.3) is 10.9 Å². The highest BCUT2D eigenvalue weighted by atomic mass is 19.1. The molecule has 3 amide bonds. The minimum absolute atomic E-state index is 0.119. The Kier molecular flexibility index (Phi) is 12.4. The van der Waals surface area contributed by atoms with Gasteiger partial charge in [0.2, 0.25) is 11.8 Å². The highest BCUT2D eigenvalue weighted by Crippen LogP contribution is 2.33. The van der Waals surface area contributed by atoms with Gasteiger partial charge in [-0.05, 0) is 104 Å². The number of piperazine rings is 1. The molecule has 0 aliphatic carbocycles. The third-order valence-electron chi connectivity index (χ3n) is 12.0. The summed E-state index contributed by atoms with van der Waals surface area (Å²) in [4.78, 5) is 43.1. The van der Waals surface area contributed by atoms with Gasteiger partial charge < -0.3 is 26.0 Å². The monoisotopic (exact) mass is 831 g/mol. The summed E-state index contributed by atoms with van der Waals surface area (Å²) >= 11 is 0. The van der Waals surface area contributed by atoms with Gasteiger partial charge in [0, 0.05) is 93.0 Å². The number of imide groups is 1. The zero-order valence-electron chi connectivity index (χ0n) is 34.2. The molecule has 1 aromatic heterocycles. The average Bonchev–Trinajstić information content (AvgIpc) is 3.58. The van der Waals surface area contributed by atoms with Gasteiger partial charge in [-0.25, -0.2) is 8.78 Å². The van der Waals surface area contributed by atoms with E-state index in [1.54, 1.807) is 24.3 Å². The lowest BCUT2D eigenvalue weighted by molar-refractivity contribution is -0.134. The maximum atomic E-state index is 13.9. The third-order valence-corrected chi connectivity index (χ3v) is 12.0. The lowest BCUT2D eigenvalue weighted by Crippen LogP contribution is -2.46. The summed E-state index contributed by atoms with van der Waals surface area (Å²) in [6.07, 6.45) is 4.42. The number of nitrogens with one attached hydrogen (secondary N) is 4. The molecule has 13 nitrogen and oxygen atoms in total. The normalized spacial score (nSPS) is 17.7. The zero-order chi connectivity index (χ0) is 42.6. The number of amides is 3. The molecule has 5 aromatic rings. The summed E-state index contributed by atoms with van der Waals surface area (Å²) in [5, 5.41) is 23.3. The van der Waals surface area contributed by atoms with Crippen molar-refractivity contribution in [3.05, 3.63) is 118 Å². The van der Waals surface area contributed by atoms with Gasteiger partial charge >= 0.3 is 0 Å². The van der Waals surface area contributed by atoms with Crippen molar-refractivity contribution >= 4 is 51.5 Å². The van der Waals surface area contributed by atoms with Crippen LogP contribution in [0.4, 0.5) is 25.8 Å². The van der Waals surface area contributed by atoms with Crippen LogP contribution in [0.1, 0.15) is 76.3 Å². The molecule has 0 radical (unpaired) electrons. The predicted octanol–water partition coefficient (Wildman–Crippen LogP) is 5.65. The molecule has 8 rings (SSSR count). The molecular formula is C46H51F2N9O4. The summed E-state index contributed by atoms with van der Waals surface area (Å²) in [6.45, 7) is 5.59. The lowest BCUT2D eigenvalue weighted by Gasteiger charge is -2.36. The molecule has 1 unspecified atom stereocenters. The van der Waals surface area contributed by atoms with Crippen LogP contribution in [0.5, 0.6) is 0 Å². The average molecular weight is 832 g/mol. The summed E-state index contributed by atoms with van der Waals surface area (Å²) in [6, 6.07) is 20.4. The van der Waals surface area contributed by atoms with Crippen LogP contribution in [-0.4, -0.2) is 90.2 Å². The Morgan fingerprint density at radius 1 is 0.934 bits per heavy atom.